The number of para-hydroxylation sites is 1. The Bertz CT molecular complexity index is 1260. The molecule has 0 aliphatic heterocycles. The summed E-state index contributed by atoms with van der Waals surface area (Å²) in [5.74, 6) is 0.688. The van der Waals surface area contributed by atoms with Crippen molar-refractivity contribution in [1.82, 2.24) is 20.2 Å². The lowest BCUT2D eigenvalue weighted by atomic mass is 9.87. The molecule has 4 aromatic rings. The second-order valence-electron chi connectivity index (χ2n) is 8.80. The zero-order chi connectivity index (χ0) is 24.0. The number of hydrogen-bond donors (Lipinski definition) is 1. The lowest BCUT2D eigenvalue weighted by Gasteiger charge is -2.19. The van der Waals surface area contributed by atoms with Crippen LogP contribution in [0.15, 0.2) is 95.2 Å². The van der Waals surface area contributed by atoms with E-state index in [4.69, 9.17) is 0 Å². The molecule has 1 heterocycles. The van der Waals surface area contributed by atoms with Crippen LogP contribution in [0.1, 0.15) is 31.9 Å². The van der Waals surface area contributed by atoms with Crippen LogP contribution in [-0.2, 0) is 10.2 Å². The standard InChI is InChI=1S/C27H27N5OS/c1-27(2,3)22-16-14-21(15-17-22)25-30-31-26(32(25)23-12-8-5-9-13-23)34-19-24(33)29-28-18-20-10-6-4-7-11-20/h4-18H,19H2,1-3H3,(H,29,33). The highest BCUT2D eigenvalue weighted by atomic mass is 32.2. The molecule has 1 aromatic heterocycles. The molecule has 0 atom stereocenters. The Morgan fingerprint density at radius 3 is 2.24 bits per heavy atom. The van der Waals surface area contributed by atoms with Crippen molar-refractivity contribution in [3.8, 4) is 17.1 Å². The van der Waals surface area contributed by atoms with Crippen LogP contribution in [0, 0.1) is 0 Å². The van der Waals surface area contributed by atoms with E-state index in [0.29, 0.717) is 5.16 Å². The van der Waals surface area contributed by atoms with E-state index in [2.05, 4.69) is 65.8 Å². The van der Waals surface area contributed by atoms with E-state index in [1.807, 2.05) is 65.2 Å². The molecule has 0 aliphatic carbocycles. The van der Waals surface area contributed by atoms with Crippen molar-refractivity contribution in [1.29, 1.82) is 0 Å². The van der Waals surface area contributed by atoms with Gasteiger partial charge in [0, 0.05) is 11.3 Å². The van der Waals surface area contributed by atoms with Gasteiger partial charge in [-0.05, 0) is 28.7 Å². The summed E-state index contributed by atoms with van der Waals surface area (Å²) in [5.41, 5.74) is 6.72. The third kappa shape index (κ3) is 5.80. The van der Waals surface area contributed by atoms with E-state index < -0.39 is 0 Å². The fourth-order valence-electron chi connectivity index (χ4n) is 3.36. The third-order valence-corrected chi connectivity index (χ3v) is 6.12. The fourth-order valence-corrected chi connectivity index (χ4v) is 4.10. The van der Waals surface area contributed by atoms with Crippen LogP contribution in [0.3, 0.4) is 0 Å². The topological polar surface area (TPSA) is 72.2 Å². The molecular formula is C27H27N5OS. The normalized spacial score (nSPS) is 11.6. The number of aromatic nitrogens is 3. The molecule has 0 aliphatic rings. The van der Waals surface area contributed by atoms with E-state index in [0.717, 1.165) is 22.6 Å². The maximum absolute atomic E-state index is 12.4. The molecule has 172 valence electrons. The second kappa shape index (κ2) is 10.5. The average Bonchev–Trinajstić information content (AvgIpc) is 3.27. The van der Waals surface area contributed by atoms with E-state index in [9.17, 15) is 4.79 Å². The number of hydrazone groups is 1. The maximum Gasteiger partial charge on any atom is 0.250 e. The molecule has 1 N–H and O–H groups in total. The van der Waals surface area contributed by atoms with Crippen LogP contribution in [0.2, 0.25) is 0 Å². The smallest absolute Gasteiger partial charge is 0.250 e. The van der Waals surface area contributed by atoms with Crippen LogP contribution in [-0.4, -0.2) is 32.6 Å². The first-order valence-electron chi connectivity index (χ1n) is 11.0. The molecule has 0 radical (unpaired) electrons. The number of rotatable bonds is 7. The molecule has 34 heavy (non-hydrogen) atoms. The Morgan fingerprint density at radius 2 is 1.59 bits per heavy atom. The first-order valence-corrected chi connectivity index (χ1v) is 12.0. The van der Waals surface area contributed by atoms with Crippen molar-refractivity contribution in [2.24, 2.45) is 5.10 Å². The summed E-state index contributed by atoms with van der Waals surface area (Å²) in [6.45, 7) is 6.58. The van der Waals surface area contributed by atoms with Gasteiger partial charge in [0.15, 0.2) is 11.0 Å². The zero-order valence-corrected chi connectivity index (χ0v) is 20.3. The number of nitrogens with zero attached hydrogens (tertiary/aromatic N) is 4. The number of carbonyl (C=O) groups excluding carboxylic acids is 1. The first-order chi connectivity index (χ1) is 16.4. The predicted molar refractivity (Wildman–Crippen MR) is 138 cm³/mol. The molecule has 6 nitrogen and oxygen atoms in total. The highest BCUT2D eigenvalue weighted by Gasteiger charge is 2.19. The Hall–Kier alpha value is -3.71. The van der Waals surface area contributed by atoms with Gasteiger partial charge in [0.1, 0.15) is 0 Å². The molecule has 4 rings (SSSR count). The van der Waals surface area contributed by atoms with Crippen molar-refractivity contribution in [2.45, 2.75) is 31.3 Å². The summed E-state index contributed by atoms with van der Waals surface area (Å²) < 4.78 is 1.98. The molecule has 0 saturated heterocycles. The quantitative estimate of drug-likeness (QED) is 0.221. The maximum atomic E-state index is 12.4. The predicted octanol–water partition coefficient (Wildman–Crippen LogP) is 5.47. The summed E-state index contributed by atoms with van der Waals surface area (Å²) in [4.78, 5) is 12.4. The Balaban J connectivity index is 1.53. The molecule has 0 spiro atoms. The molecule has 7 heteroatoms. The Kier molecular flexibility index (Phi) is 7.23. The summed E-state index contributed by atoms with van der Waals surface area (Å²) in [7, 11) is 0. The lowest BCUT2D eigenvalue weighted by molar-refractivity contribution is -0.118. The van der Waals surface area contributed by atoms with Gasteiger partial charge in [-0.25, -0.2) is 5.43 Å². The molecule has 0 unspecified atom stereocenters. The van der Waals surface area contributed by atoms with Crippen molar-refractivity contribution >= 4 is 23.9 Å². The molecular weight excluding hydrogens is 442 g/mol. The van der Waals surface area contributed by atoms with Gasteiger partial charge in [0.2, 0.25) is 0 Å². The second-order valence-corrected chi connectivity index (χ2v) is 9.74. The van der Waals surface area contributed by atoms with E-state index in [1.54, 1.807) is 6.21 Å². The fraction of sp³-hybridized carbons (Fsp3) is 0.185. The van der Waals surface area contributed by atoms with Crippen molar-refractivity contribution in [3.05, 3.63) is 96.1 Å². The number of nitrogens with one attached hydrogen (secondary N) is 1. The van der Waals surface area contributed by atoms with Gasteiger partial charge < -0.3 is 0 Å². The average molecular weight is 470 g/mol. The van der Waals surface area contributed by atoms with Crippen LogP contribution in [0.4, 0.5) is 0 Å². The highest BCUT2D eigenvalue weighted by molar-refractivity contribution is 7.99. The SMILES string of the molecule is CC(C)(C)c1ccc(-c2nnc(SCC(=O)NN=Cc3ccccc3)n2-c2ccccc2)cc1. The number of benzene rings is 3. The molecule has 0 saturated carbocycles. The van der Waals surface area contributed by atoms with Gasteiger partial charge in [-0.1, -0.05) is 105 Å². The largest absolute Gasteiger partial charge is 0.272 e. The van der Waals surface area contributed by atoms with Gasteiger partial charge in [-0.2, -0.15) is 5.10 Å². The number of carbonyl (C=O) groups is 1. The first kappa shape index (κ1) is 23.4. The van der Waals surface area contributed by atoms with Crippen molar-refractivity contribution < 1.29 is 4.79 Å². The zero-order valence-electron chi connectivity index (χ0n) is 19.5. The van der Waals surface area contributed by atoms with Gasteiger partial charge in [0.05, 0.1) is 12.0 Å². The Morgan fingerprint density at radius 1 is 0.941 bits per heavy atom. The molecule has 3 aromatic carbocycles. The van der Waals surface area contributed by atoms with Gasteiger partial charge >= 0.3 is 0 Å². The molecule has 0 fully saturated rings. The number of hydrogen-bond acceptors (Lipinski definition) is 5. The van der Waals surface area contributed by atoms with Crippen molar-refractivity contribution in [3.63, 3.8) is 0 Å². The monoisotopic (exact) mass is 469 g/mol. The lowest BCUT2D eigenvalue weighted by Crippen LogP contribution is -2.20. The minimum absolute atomic E-state index is 0.0724. The minimum atomic E-state index is -0.212. The molecule has 0 bridgehead atoms. The molecule has 1 amide bonds. The number of thioether (sulfide) groups is 1. The summed E-state index contributed by atoms with van der Waals surface area (Å²) in [6, 6.07) is 27.9. The van der Waals surface area contributed by atoms with Gasteiger partial charge in [0.25, 0.3) is 5.91 Å². The van der Waals surface area contributed by atoms with Gasteiger partial charge in [-0.15, -0.1) is 10.2 Å². The van der Waals surface area contributed by atoms with Crippen LogP contribution in [0.5, 0.6) is 0 Å². The van der Waals surface area contributed by atoms with Crippen LogP contribution >= 0.6 is 11.8 Å². The van der Waals surface area contributed by atoms with Crippen LogP contribution < -0.4 is 5.43 Å². The Labute approximate surface area is 204 Å². The van der Waals surface area contributed by atoms with E-state index in [1.165, 1.54) is 17.3 Å². The van der Waals surface area contributed by atoms with E-state index in [-0.39, 0.29) is 17.1 Å². The minimum Gasteiger partial charge on any atom is -0.272 e. The summed E-state index contributed by atoms with van der Waals surface area (Å²) >= 11 is 1.32. The summed E-state index contributed by atoms with van der Waals surface area (Å²) in [6.07, 6.45) is 1.62. The van der Waals surface area contributed by atoms with Crippen LogP contribution in [0.25, 0.3) is 17.1 Å². The van der Waals surface area contributed by atoms with Crippen molar-refractivity contribution in [2.75, 3.05) is 5.75 Å². The summed E-state index contributed by atoms with van der Waals surface area (Å²) in [5, 5.41) is 13.5. The highest BCUT2D eigenvalue weighted by Crippen LogP contribution is 2.30. The van der Waals surface area contributed by atoms with Gasteiger partial charge in [-0.3, -0.25) is 9.36 Å². The number of amides is 1. The third-order valence-electron chi connectivity index (χ3n) is 5.19. The van der Waals surface area contributed by atoms with E-state index >= 15 is 0 Å².